The fourth-order valence-electron chi connectivity index (χ4n) is 3.32. The van der Waals surface area contributed by atoms with Gasteiger partial charge in [-0.15, -0.1) is 11.8 Å². The summed E-state index contributed by atoms with van der Waals surface area (Å²) in [6.45, 7) is 2.06. The molecule has 6 nitrogen and oxygen atoms in total. The van der Waals surface area contributed by atoms with Crippen molar-refractivity contribution in [1.82, 2.24) is 0 Å². The first-order chi connectivity index (χ1) is 16.5. The number of rotatable bonds is 11. The average molecular weight is 479 g/mol. The summed E-state index contributed by atoms with van der Waals surface area (Å²) in [5.41, 5.74) is 2.16. The molecule has 0 saturated carbocycles. The first-order valence-electron chi connectivity index (χ1n) is 11.2. The highest BCUT2D eigenvalue weighted by Crippen LogP contribution is 2.38. The Hall–Kier alpha value is -3.45. The molecule has 0 radical (unpaired) electrons. The summed E-state index contributed by atoms with van der Waals surface area (Å²) in [6, 6.07) is 22.4. The normalized spacial score (nSPS) is 11.4. The summed E-state index contributed by atoms with van der Waals surface area (Å²) in [6.07, 6.45) is 2.36. The van der Waals surface area contributed by atoms with E-state index < -0.39 is 5.25 Å². The van der Waals surface area contributed by atoms with E-state index in [0.717, 1.165) is 29.0 Å². The maximum absolute atomic E-state index is 13.4. The number of ether oxygens (including phenoxy) is 2. The van der Waals surface area contributed by atoms with E-state index in [2.05, 4.69) is 17.6 Å². The maximum Gasteiger partial charge on any atom is 0.242 e. The second-order valence-corrected chi connectivity index (χ2v) is 8.82. The van der Waals surface area contributed by atoms with Crippen molar-refractivity contribution in [2.24, 2.45) is 0 Å². The Morgan fingerprint density at radius 3 is 2.29 bits per heavy atom. The minimum Gasteiger partial charge on any atom is -0.497 e. The highest BCUT2D eigenvalue weighted by molar-refractivity contribution is 8.00. The average Bonchev–Trinajstić information content (AvgIpc) is 2.87. The lowest BCUT2D eigenvalue weighted by atomic mass is 10.1. The molecule has 0 heterocycles. The molecule has 0 aromatic heterocycles. The van der Waals surface area contributed by atoms with Crippen LogP contribution in [0.2, 0.25) is 0 Å². The van der Waals surface area contributed by atoms with Crippen LogP contribution >= 0.6 is 11.8 Å². The molecule has 3 aromatic carbocycles. The molecule has 3 rings (SSSR count). The zero-order valence-corrected chi connectivity index (χ0v) is 20.5. The Morgan fingerprint density at radius 2 is 1.65 bits per heavy atom. The molecule has 1 unspecified atom stereocenters. The predicted molar refractivity (Wildman–Crippen MR) is 138 cm³/mol. The monoisotopic (exact) mass is 478 g/mol. The molecule has 34 heavy (non-hydrogen) atoms. The van der Waals surface area contributed by atoms with Crippen LogP contribution in [0.3, 0.4) is 0 Å². The lowest BCUT2D eigenvalue weighted by Gasteiger charge is -2.19. The quantitative estimate of drug-likeness (QED) is 0.316. The summed E-state index contributed by atoms with van der Waals surface area (Å²) >= 11 is 1.44. The number of amides is 2. The van der Waals surface area contributed by atoms with Gasteiger partial charge in [-0.1, -0.05) is 43.7 Å². The van der Waals surface area contributed by atoms with E-state index in [4.69, 9.17) is 9.47 Å². The summed E-state index contributed by atoms with van der Waals surface area (Å²) in [4.78, 5) is 26.3. The van der Waals surface area contributed by atoms with E-state index in [0.29, 0.717) is 23.6 Å². The first-order valence-corrected chi connectivity index (χ1v) is 12.1. The zero-order chi connectivity index (χ0) is 24.3. The number of carbonyl (C=O) groups excluding carboxylic acids is 2. The van der Waals surface area contributed by atoms with Gasteiger partial charge in [-0.25, -0.2) is 0 Å². The minimum atomic E-state index is -0.498. The second kappa shape index (κ2) is 12.7. The van der Waals surface area contributed by atoms with Gasteiger partial charge < -0.3 is 20.1 Å². The number of benzene rings is 3. The molecule has 0 aliphatic heterocycles. The van der Waals surface area contributed by atoms with Crippen LogP contribution in [-0.4, -0.2) is 26.0 Å². The number of unbranched alkanes of at least 4 members (excludes halogenated alkanes) is 1. The molecular weight excluding hydrogens is 448 g/mol. The molecule has 0 fully saturated rings. The topological polar surface area (TPSA) is 76.7 Å². The molecule has 2 amide bonds. The Kier molecular flexibility index (Phi) is 9.40. The van der Waals surface area contributed by atoms with Crippen LogP contribution in [0, 0.1) is 0 Å². The number of hydrogen-bond acceptors (Lipinski definition) is 5. The van der Waals surface area contributed by atoms with Gasteiger partial charge in [0, 0.05) is 23.1 Å². The Balaban J connectivity index is 1.78. The van der Waals surface area contributed by atoms with Gasteiger partial charge in [-0.2, -0.15) is 0 Å². The summed E-state index contributed by atoms with van der Waals surface area (Å²) < 4.78 is 10.7. The Morgan fingerprint density at radius 1 is 0.912 bits per heavy atom. The standard InChI is InChI=1S/C27H30N2O4S/c1-4-5-11-25(30)28-20-12-15-22(16-13-20)34-26(19-9-7-6-8-10-19)27(31)29-23-18-21(32-2)14-17-24(23)33-3/h6-10,12-18,26H,4-5,11H2,1-3H3,(H,28,30)(H,29,31). The lowest BCUT2D eigenvalue weighted by molar-refractivity contribution is -0.116. The van der Waals surface area contributed by atoms with E-state index >= 15 is 0 Å². The van der Waals surface area contributed by atoms with Gasteiger partial charge in [0.05, 0.1) is 19.9 Å². The van der Waals surface area contributed by atoms with Crippen molar-refractivity contribution >= 4 is 35.0 Å². The third kappa shape index (κ3) is 7.02. The van der Waals surface area contributed by atoms with Crippen molar-refractivity contribution in [3.05, 3.63) is 78.4 Å². The molecule has 3 aromatic rings. The van der Waals surface area contributed by atoms with Gasteiger partial charge >= 0.3 is 0 Å². The van der Waals surface area contributed by atoms with Crippen molar-refractivity contribution < 1.29 is 19.1 Å². The van der Waals surface area contributed by atoms with E-state index in [-0.39, 0.29) is 11.8 Å². The van der Waals surface area contributed by atoms with Gasteiger partial charge in [-0.05, 0) is 48.4 Å². The highest BCUT2D eigenvalue weighted by Gasteiger charge is 2.23. The van der Waals surface area contributed by atoms with Crippen LogP contribution in [0.15, 0.2) is 77.7 Å². The number of carbonyl (C=O) groups is 2. The SMILES string of the molecule is CCCCC(=O)Nc1ccc(SC(C(=O)Nc2cc(OC)ccc2OC)c2ccccc2)cc1. The van der Waals surface area contributed by atoms with Crippen molar-refractivity contribution in [2.75, 3.05) is 24.9 Å². The highest BCUT2D eigenvalue weighted by atomic mass is 32.2. The maximum atomic E-state index is 13.4. The predicted octanol–water partition coefficient (Wildman–Crippen LogP) is 6.30. The van der Waals surface area contributed by atoms with E-state index in [1.165, 1.54) is 11.8 Å². The van der Waals surface area contributed by atoms with Crippen LogP contribution in [0.25, 0.3) is 0 Å². The summed E-state index contributed by atoms with van der Waals surface area (Å²) in [5.74, 6) is 1.00. The van der Waals surface area contributed by atoms with Gasteiger partial charge in [0.1, 0.15) is 16.7 Å². The van der Waals surface area contributed by atoms with E-state index in [9.17, 15) is 9.59 Å². The van der Waals surface area contributed by atoms with Crippen LogP contribution in [-0.2, 0) is 9.59 Å². The molecule has 0 spiro atoms. The van der Waals surface area contributed by atoms with Gasteiger partial charge in [0.25, 0.3) is 0 Å². The van der Waals surface area contributed by atoms with Gasteiger partial charge in [0.15, 0.2) is 0 Å². The molecule has 178 valence electrons. The molecular formula is C27H30N2O4S. The molecule has 2 N–H and O–H groups in total. The zero-order valence-electron chi connectivity index (χ0n) is 19.7. The fourth-order valence-corrected chi connectivity index (χ4v) is 4.35. The van der Waals surface area contributed by atoms with Crippen molar-refractivity contribution in [3.63, 3.8) is 0 Å². The van der Waals surface area contributed by atoms with Crippen molar-refractivity contribution in [1.29, 1.82) is 0 Å². The fraction of sp³-hybridized carbons (Fsp3) is 0.259. The first kappa shape index (κ1) is 25.2. The summed E-state index contributed by atoms with van der Waals surface area (Å²) in [5, 5.41) is 5.41. The van der Waals surface area contributed by atoms with Crippen LogP contribution < -0.4 is 20.1 Å². The van der Waals surface area contributed by atoms with Crippen LogP contribution in [0.1, 0.15) is 37.0 Å². The Labute approximate surface area is 205 Å². The number of hydrogen-bond donors (Lipinski definition) is 2. The largest absolute Gasteiger partial charge is 0.497 e. The van der Waals surface area contributed by atoms with Gasteiger partial charge in [-0.3, -0.25) is 9.59 Å². The lowest BCUT2D eigenvalue weighted by Crippen LogP contribution is -2.19. The van der Waals surface area contributed by atoms with Crippen LogP contribution in [0.5, 0.6) is 11.5 Å². The van der Waals surface area contributed by atoms with Gasteiger partial charge in [0.2, 0.25) is 11.8 Å². The molecule has 0 saturated heterocycles. The Bertz CT molecular complexity index is 1090. The number of nitrogens with one attached hydrogen (secondary N) is 2. The minimum absolute atomic E-state index is 0.0102. The third-order valence-electron chi connectivity index (χ3n) is 5.15. The molecule has 0 aliphatic carbocycles. The number of methoxy groups -OCH3 is 2. The van der Waals surface area contributed by atoms with Crippen molar-refractivity contribution in [2.45, 2.75) is 36.3 Å². The second-order valence-electron chi connectivity index (χ2n) is 7.64. The third-order valence-corrected chi connectivity index (χ3v) is 6.42. The molecule has 7 heteroatoms. The molecule has 1 atom stereocenters. The molecule has 0 aliphatic rings. The number of thioether (sulfide) groups is 1. The van der Waals surface area contributed by atoms with Crippen molar-refractivity contribution in [3.8, 4) is 11.5 Å². The van der Waals surface area contributed by atoms with E-state index in [1.54, 1.807) is 32.4 Å². The number of anilines is 2. The summed E-state index contributed by atoms with van der Waals surface area (Å²) in [7, 11) is 3.13. The smallest absolute Gasteiger partial charge is 0.242 e. The van der Waals surface area contributed by atoms with Crippen LogP contribution in [0.4, 0.5) is 11.4 Å². The molecule has 0 bridgehead atoms. The van der Waals surface area contributed by atoms with E-state index in [1.807, 2.05) is 54.6 Å².